The second-order valence-corrected chi connectivity index (χ2v) is 3.54. The average molecular weight is 208 g/mol. The van der Waals surface area contributed by atoms with Crippen LogP contribution >= 0.6 is 0 Å². The number of carbonyl (C=O) groups is 1. The zero-order chi connectivity index (χ0) is 11.3. The Morgan fingerprint density at radius 2 is 2.33 bits per heavy atom. The van der Waals surface area contributed by atoms with Gasteiger partial charge in [-0.2, -0.15) is 0 Å². The molecule has 5 heteroatoms. The van der Waals surface area contributed by atoms with Gasteiger partial charge in [-0.25, -0.2) is 0 Å². The third kappa shape index (κ3) is 3.55. The number of likely N-dealkylation sites (N-methyl/N-ethyl adjacent to an activating group) is 1. The number of carbonyl (C=O) groups excluding carboxylic acids is 1. The Bertz CT molecular complexity index is 317. The van der Waals surface area contributed by atoms with E-state index < -0.39 is 0 Å². The minimum atomic E-state index is -0.236. The predicted molar refractivity (Wildman–Crippen MR) is 59.6 cm³/mol. The molecular formula is C10H16N4O. The Hall–Kier alpha value is -1.62. The van der Waals surface area contributed by atoms with Crippen LogP contribution in [0.25, 0.3) is 0 Å². The van der Waals surface area contributed by atoms with Crippen molar-refractivity contribution in [1.29, 1.82) is 5.41 Å². The fourth-order valence-corrected chi connectivity index (χ4v) is 1.10. The van der Waals surface area contributed by atoms with Crippen LogP contribution in [0.5, 0.6) is 0 Å². The Kier molecular flexibility index (Phi) is 4.05. The molecule has 0 aromatic rings. The Balaban J connectivity index is 2.47. The summed E-state index contributed by atoms with van der Waals surface area (Å²) >= 11 is 0. The number of allylic oxidation sites excluding steroid dienone is 1. The first-order valence-electron chi connectivity index (χ1n) is 4.76. The quantitative estimate of drug-likeness (QED) is 0.438. The average Bonchev–Trinajstić information content (AvgIpc) is 2.15. The van der Waals surface area contributed by atoms with E-state index in [-0.39, 0.29) is 11.6 Å². The monoisotopic (exact) mass is 208 g/mol. The highest BCUT2D eigenvalue weighted by atomic mass is 16.1. The Morgan fingerprint density at radius 3 is 2.93 bits per heavy atom. The van der Waals surface area contributed by atoms with Crippen molar-refractivity contribution >= 4 is 11.6 Å². The smallest absolute Gasteiger partial charge is 0.258 e. The Morgan fingerprint density at radius 1 is 1.60 bits per heavy atom. The van der Waals surface area contributed by atoms with Gasteiger partial charge in [-0.05, 0) is 20.2 Å². The van der Waals surface area contributed by atoms with Crippen LogP contribution < -0.4 is 10.6 Å². The number of nitrogens with zero attached hydrogens (tertiary/aromatic N) is 1. The normalized spacial score (nSPS) is 18.5. The molecule has 0 fully saturated rings. The van der Waals surface area contributed by atoms with Crippen molar-refractivity contribution < 1.29 is 4.79 Å². The van der Waals surface area contributed by atoms with E-state index in [9.17, 15) is 4.79 Å². The first-order chi connectivity index (χ1) is 7.11. The summed E-state index contributed by atoms with van der Waals surface area (Å²) in [7, 11) is 3.96. The van der Waals surface area contributed by atoms with Gasteiger partial charge in [-0.3, -0.25) is 10.2 Å². The summed E-state index contributed by atoms with van der Waals surface area (Å²) in [5, 5.41) is 13.1. The van der Waals surface area contributed by atoms with Crippen LogP contribution in [-0.4, -0.2) is 43.7 Å². The van der Waals surface area contributed by atoms with Crippen LogP contribution in [0.15, 0.2) is 24.0 Å². The minimum absolute atomic E-state index is 0.233. The molecule has 0 aliphatic carbocycles. The largest absolute Gasteiger partial charge is 0.389 e. The summed E-state index contributed by atoms with van der Waals surface area (Å²) in [4.78, 5) is 13.4. The molecule has 5 nitrogen and oxygen atoms in total. The number of rotatable bonds is 4. The lowest BCUT2D eigenvalue weighted by Gasteiger charge is -2.12. The van der Waals surface area contributed by atoms with Crippen LogP contribution in [-0.2, 0) is 4.79 Å². The molecule has 0 radical (unpaired) electrons. The molecule has 1 aliphatic rings. The zero-order valence-electron chi connectivity index (χ0n) is 9.00. The molecule has 1 rings (SSSR count). The van der Waals surface area contributed by atoms with Gasteiger partial charge in [0.2, 0.25) is 0 Å². The molecule has 15 heavy (non-hydrogen) atoms. The standard InChI is InChI=1S/C10H16N4O/c1-14(2)6-5-12-7-8-9(11)3-4-13-10(8)15/h3-4,7,11-12H,5-6H2,1-2H3,(H,13,15)/b8-7+,11-9?. The van der Waals surface area contributed by atoms with Crippen LogP contribution in [0.1, 0.15) is 0 Å². The van der Waals surface area contributed by atoms with Gasteiger partial charge in [-0.1, -0.05) is 0 Å². The van der Waals surface area contributed by atoms with Gasteiger partial charge in [0.25, 0.3) is 5.91 Å². The SMILES string of the molecule is CN(C)CCN/C=C1\C(=N)C=CNC1=O. The van der Waals surface area contributed by atoms with E-state index in [1.54, 1.807) is 12.3 Å². The molecule has 0 aromatic carbocycles. The summed E-state index contributed by atoms with van der Waals surface area (Å²) in [6.45, 7) is 1.63. The maximum Gasteiger partial charge on any atom is 0.258 e. The second kappa shape index (κ2) is 5.31. The first kappa shape index (κ1) is 11.5. The van der Waals surface area contributed by atoms with Gasteiger partial charge in [-0.15, -0.1) is 0 Å². The zero-order valence-corrected chi connectivity index (χ0v) is 9.00. The lowest BCUT2D eigenvalue weighted by Crippen LogP contribution is -2.30. The van der Waals surface area contributed by atoms with Gasteiger partial charge >= 0.3 is 0 Å². The number of hydrogen-bond acceptors (Lipinski definition) is 4. The van der Waals surface area contributed by atoms with E-state index >= 15 is 0 Å². The number of hydrogen-bond donors (Lipinski definition) is 3. The highest BCUT2D eigenvalue weighted by Crippen LogP contribution is 2.01. The van der Waals surface area contributed by atoms with Crippen LogP contribution in [0.3, 0.4) is 0 Å². The van der Waals surface area contributed by atoms with Crippen LogP contribution in [0.4, 0.5) is 0 Å². The van der Waals surface area contributed by atoms with E-state index in [0.29, 0.717) is 5.57 Å². The number of nitrogens with one attached hydrogen (secondary N) is 3. The molecule has 0 saturated heterocycles. The fraction of sp³-hybridized carbons (Fsp3) is 0.400. The van der Waals surface area contributed by atoms with Gasteiger partial charge < -0.3 is 15.5 Å². The third-order valence-electron chi connectivity index (χ3n) is 1.95. The summed E-state index contributed by atoms with van der Waals surface area (Å²) < 4.78 is 0. The van der Waals surface area contributed by atoms with Gasteiger partial charge in [0, 0.05) is 25.5 Å². The van der Waals surface area contributed by atoms with Crippen molar-refractivity contribution in [3.05, 3.63) is 24.0 Å². The van der Waals surface area contributed by atoms with E-state index in [4.69, 9.17) is 5.41 Å². The van der Waals surface area contributed by atoms with Crippen molar-refractivity contribution in [3.8, 4) is 0 Å². The summed E-state index contributed by atoms with van der Waals surface area (Å²) in [5.74, 6) is -0.236. The van der Waals surface area contributed by atoms with Gasteiger partial charge in [0.1, 0.15) is 0 Å². The van der Waals surface area contributed by atoms with Crippen molar-refractivity contribution in [2.45, 2.75) is 0 Å². The predicted octanol–water partition coefficient (Wildman–Crippen LogP) is -0.315. The van der Waals surface area contributed by atoms with E-state index in [0.717, 1.165) is 13.1 Å². The van der Waals surface area contributed by atoms with Crippen molar-refractivity contribution in [3.63, 3.8) is 0 Å². The lowest BCUT2D eigenvalue weighted by atomic mass is 10.1. The molecule has 0 saturated carbocycles. The molecule has 3 N–H and O–H groups in total. The van der Waals surface area contributed by atoms with Crippen LogP contribution in [0.2, 0.25) is 0 Å². The van der Waals surface area contributed by atoms with Gasteiger partial charge in [0.05, 0.1) is 11.3 Å². The van der Waals surface area contributed by atoms with Crippen LogP contribution in [0, 0.1) is 5.41 Å². The molecule has 0 spiro atoms. The first-order valence-corrected chi connectivity index (χ1v) is 4.76. The van der Waals surface area contributed by atoms with E-state index in [2.05, 4.69) is 10.6 Å². The molecule has 0 unspecified atom stereocenters. The fourth-order valence-electron chi connectivity index (χ4n) is 1.10. The minimum Gasteiger partial charge on any atom is -0.389 e. The molecule has 0 aromatic heterocycles. The summed E-state index contributed by atoms with van der Waals surface area (Å²) in [6.07, 6.45) is 4.62. The lowest BCUT2D eigenvalue weighted by molar-refractivity contribution is -0.116. The molecular weight excluding hydrogens is 192 g/mol. The maximum atomic E-state index is 11.3. The second-order valence-electron chi connectivity index (χ2n) is 3.54. The topological polar surface area (TPSA) is 68.2 Å². The Labute approximate surface area is 89.3 Å². The number of amides is 1. The van der Waals surface area contributed by atoms with E-state index in [1.807, 2.05) is 19.0 Å². The third-order valence-corrected chi connectivity index (χ3v) is 1.95. The molecule has 1 heterocycles. The van der Waals surface area contributed by atoms with Crippen molar-refractivity contribution in [2.75, 3.05) is 27.2 Å². The molecule has 1 aliphatic heterocycles. The van der Waals surface area contributed by atoms with Crippen molar-refractivity contribution in [1.82, 2.24) is 15.5 Å². The van der Waals surface area contributed by atoms with E-state index in [1.165, 1.54) is 6.20 Å². The highest BCUT2D eigenvalue weighted by Gasteiger charge is 2.14. The van der Waals surface area contributed by atoms with Crippen molar-refractivity contribution in [2.24, 2.45) is 0 Å². The summed E-state index contributed by atoms with van der Waals surface area (Å²) in [5.41, 5.74) is 0.604. The molecule has 82 valence electrons. The summed E-state index contributed by atoms with van der Waals surface area (Å²) in [6, 6.07) is 0. The van der Waals surface area contributed by atoms with Gasteiger partial charge in [0.15, 0.2) is 0 Å². The maximum absolute atomic E-state index is 11.3. The highest BCUT2D eigenvalue weighted by molar-refractivity contribution is 6.26. The molecule has 0 atom stereocenters. The molecule has 1 amide bonds. The molecule has 0 bridgehead atoms.